The van der Waals surface area contributed by atoms with E-state index in [1.807, 2.05) is 0 Å². The van der Waals surface area contributed by atoms with Crippen molar-refractivity contribution in [2.75, 3.05) is 32.7 Å². The van der Waals surface area contributed by atoms with E-state index >= 15 is 0 Å². The molecule has 0 aliphatic carbocycles. The van der Waals surface area contributed by atoms with Gasteiger partial charge in [-0.1, -0.05) is 0 Å². The number of H-pyrrole nitrogens is 1. The fraction of sp³-hybridized carbons (Fsp3) is 0.333. The van der Waals surface area contributed by atoms with Crippen LogP contribution in [0.4, 0.5) is 4.39 Å². The van der Waals surface area contributed by atoms with Gasteiger partial charge in [-0.25, -0.2) is 4.39 Å². The number of benzene rings is 1. The quantitative estimate of drug-likeness (QED) is 0.683. The Morgan fingerprint density at radius 3 is 2.80 bits per heavy atom. The highest BCUT2D eigenvalue weighted by molar-refractivity contribution is 6.10. The van der Waals surface area contributed by atoms with Gasteiger partial charge in [0.1, 0.15) is 11.5 Å². The summed E-state index contributed by atoms with van der Waals surface area (Å²) in [6, 6.07) is 4.38. The molecule has 0 bridgehead atoms. The summed E-state index contributed by atoms with van der Waals surface area (Å²) in [5, 5.41) is 6.67. The fourth-order valence-corrected chi connectivity index (χ4v) is 3.46. The highest BCUT2D eigenvalue weighted by Crippen LogP contribution is 2.33. The molecule has 0 spiro atoms. The third-order valence-corrected chi connectivity index (χ3v) is 4.72. The number of hydrogen-bond donors (Lipinski definition) is 3. The highest BCUT2D eigenvalue weighted by atomic mass is 19.1. The molecule has 1 aromatic heterocycles. The summed E-state index contributed by atoms with van der Waals surface area (Å²) in [5.74, 6) is -0.668. The van der Waals surface area contributed by atoms with Gasteiger partial charge in [0.15, 0.2) is 0 Å². The summed E-state index contributed by atoms with van der Waals surface area (Å²) >= 11 is 0. The maximum absolute atomic E-state index is 13.7. The molecule has 0 saturated carbocycles. The van der Waals surface area contributed by atoms with E-state index in [-0.39, 0.29) is 17.6 Å². The second kappa shape index (κ2) is 6.33. The Kier molecular flexibility index (Phi) is 4.01. The molecule has 1 fully saturated rings. The van der Waals surface area contributed by atoms with Crippen molar-refractivity contribution < 1.29 is 14.0 Å². The smallest absolute Gasteiger partial charge is 0.268 e. The molecule has 3 N–H and O–H groups in total. The summed E-state index contributed by atoms with van der Waals surface area (Å²) in [6.07, 6.45) is 2.13. The molecule has 0 unspecified atom stereocenters. The lowest BCUT2D eigenvalue weighted by molar-refractivity contribution is -0.126. The van der Waals surface area contributed by atoms with Gasteiger partial charge < -0.3 is 20.5 Å². The molecule has 2 amide bonds. The molecule has 1 aromatic carbocycles. The van der Waals surface area contributed by atoms with E-state index in [1.165, 1.54) is 12.1 Å². The van der Waals surface area contributed by atoms with Crippen LogP contribution in [-0.4, -0.2) is 54.4 Å². The maximum atomic E-state index is 13.7. The van der Waals surface area contributed by atoms with Crippen LogP contribution >= 0.6 is 0 Å². The summed E-state index contributed by atoms with van der Waals surface area (Å²) in [6.45, 7) is 3.32. The molecule has 2 aliphatic rings. The molecule has 1 saturated heterocycles. The molecular formula is C18H19FN4O2. The average Bonchev–Trinajstić information content (AvgIpc) is 2.92. The Labute approximate surface area is 144 Å². The van der Waals surface area contributed by atoms with Gasteiger partial charge >= 0.3 is 0 Å². The van der Waals surface area contributed by atoms with Gasteiger partial charge in [0.05, 0.1) is 0 Å². The van der Waals surface area contributed by atoms with Crippen LogP contribution in [0.25, 0.3) is 16.5 Å². The summed E-state index contributed by atoms with van der Waals surface area (Å²) < 4.78 is 13.7. The second-order valence-corrected chi connectivity index (χ2v) is 6.32. The number of halogens is 1. The predicted molar refractivity (Wildman–Crippen MR) is 92.6 cm³/mol. The molecule has 4 rings (SSSR count). The number of aromatic nitrogens is 1. The van der Waals surface area contributed by atoms with Gasteiger partial charge in [0.25, 0.3) is 5.91 Å². The van der Waals surface area contributed by atoms with Crippen LogP contribution in [0.2, 0.25) is 0 Å². The van der Waals surface area contributed by atoms with Crippen molar-refractivity contribution in [2.45, 2.75) is 6.42 Å². The van der Waals surface area contributed by atoms with Crippen LogP contribution in [0.3, 0.4) is 0 Å². The Morgan fingerprint density at radius 2 is 2.00 bits per heavy atom. The van der Waals surface area contributed by atoms with Gasteiger partial charge in [-0.05, 0) is 30.2 Å². The molecule has 7 heteroatoms. The van der Waals surface area contributed by atoms with E-state index in [9.17, 15) is 14.0 Å². The molecule has 2 aromatic rings. The molecule has 0 atom stereocenters. The van der Waals surface area contributed by atoms with Crippen LogP contribution in [-0.2, 0) is 4.79 Å². The van der Waals surface area contributed by atoms with Crippen molar-refractivity contribution in [2.24, 2.45) is 0 Å². The van der Waals surface area contributed by atoms with Gasteiger partial charge in [0, 0.05) is 55.3 Å². The first-order valence-electron chi connectivity index (χ1n) is 8.43. The number of rotatable bonds is 1. The zero-order valence-electron chi connectivity index (χ0n) is 13.7. The van der Waals surface area contributed by atoms with Gasteiger partial charge in [-0.3, -0.25) is 9.59 Å². The fourth-order valence-electron chi connectivity index (χ4n) is 3.46. The molecule has 3 heterocycles. The van der Waals surface area contributed by atoms with E-state index in [0.29, 0.717) is 48.2 Å². The van der Waals surface area contributed by atoms with E-state index in [2.05, 4.69) is 15.6 Å². The molecular weight excluding hydrogens is 323 g/mol. The lowest BCUT2D eigenvalue weighted by atomic mass is 9.99. The van der Waals surface area contributed by atoms with Gasteiger partial charge in [-0.2, -0.15) is 0 Å². The Bertz CT molecular complexity index is 881. The minimum Gasteiger partial charge on any atom is -0.350 e. The Morgan fingerprint density at radius 1 is 1.20 bits per heavy atom. The number of aromatic amines is 1. The monoisotopic (exact) mass is 342 g/mol. The molecule has 25 heavy (non-hydrogen) atoms. The van der Waals surface area contributed by atoms with Crippen LogP contribution in [0.1, 0.15) is 22.5 Å². The number of amides is 2. The van der Waals surface area contributed by atoms with Crippen molar-refractivity contribution in [3.05, 3.63) is 41.3 Å². The molecule has 2 aliphatic heterocycles. The minimum atomic E-state index is -0.369. The van der Waals surface area contributed by atoms with Crippen LogP contribution in [0, 0.1) is 5.82 Å². The minimum absolute atomic E-state index is 0.0671. The maximum Gasteiger partial charge on any atom is 0.268 e. The van der Waals surface area contributed by atoms with Crippen LogP contribution < -0.4 is 10.6 Å². The van der Waals surface area contributed by atoms with Crippen molar-refractivity contribution in [3.8, 4) is 0 Å². The van der Waals surface area contributed by atoms with Gasteiger partial charge in [-0.15, -0.1) is 0 Å². The summed E-state index contributed by atoms with van der Waals surface area (Å²) in [4.78, 5) is 29.8. The van der Waals surface area contributed by atoms with E-state index in [1.54, 1.807) is 17.0 Å². The van der Waals surface area contributed by atoms with Crippen LogP contribution in [0.5, 0.6) is 0 Å². The first kappa shape index (κ1) is 15.8. The lowest BCUT2D eigenvalue weighted by Gasteiger charge is -2.26. The summed E-state index contributed by atoms with van der Waals surface area (Å²) in [5.41, 5.74) is 2.46. The number of hydrogen-bond acceptors (Lipinski definition) is 3. The highest BCUT2D eigenvalue weighted by Gasteiger charge is 2.25. The largest absolute Gasteiger partial charge is 0.350 e. The number of carbonyl (C=O) groups excluding carboxylic acids is 2. The first-order chi connectivity index (χ1) is 12.1. The van der Waals surface area contributed by atoms with E-state index in [0.717, 1.165) is 18.7 Å². The normalized spacial score (nSPS) is 19.6. The number of piperazine rings is 1. The van der Waals surface area contributed by atoms with Crippen molar-refractivity contribution in [3.63, 3.8) is 0 Å². The number of nitrogens with zero attached hydrogens (tertiary/aromatic N) is 1. The third-order valence-electron chi connectivity index (χ3n) is 4.72. The third kappa shape index (κ3) is 2.91. The number of fused-ring (bicyclic) bond motifs is 3. The molecule has 130 valence electrons. The topological polar surface area (TPSA) is 77.2 Å². The Balaban J connectivity index is 1.81. The van der Waals surface area contributed by atoms with Crippen molar-refractivity contribution >= 4 is 28.3 Å². The SMILES string of the molecule is O=C1NCCC(=CC(=O)N2CCNCC2)c2c1[nH]c1ccc(F)cc21. The zero-order chi connectivity index (χ0) is 17.4. The predicted octanol–water partition coefficient (Wildman–Crippen LogP) is 1.26. The van der Waals surface area contributed by atoms with E-state index < -0.39 is 0 Å². The standard InChI is InChI=1S/C18H19FN4O2/c19-12-1-2-14-13(10-12)16-11(3-4-21-18(25)17(16)22-14)9-15(24)23-7-5-20-6-8-23/h1-2,9-10,20,22H,3-8H2,(H,21,25). The first-order valence-corrected chi connectivity index (χ1v) is 8.43. The Hall–Kier alpha value is -2.67. The van der Waals surface area contributed by atoms with Crippen LogP contribution in [0.15, 0.2) is 24.3 Å². The van der Waals surface area contributed by atoms with E-state index in [4.69, 9.17) is 0 Å². The van der Waals surface area contributed by atoms with Crippen molar-refractivity contribution in [1.82, 2.24) is 20.5 Å². The number of nitrogens with one attached hydrogen (secondary N) is 3. The second-order valence-electron chi connectivity index (χ2n) is 6.32. The number of carbonyl (C=O) groups is 2. The lowest BCUT2D eigenvalue weighted by Crippen LogP contribution is -2.45. The molecule has 6 nitrogen and oxygen atoms in total. The average molecular weight is 342 g/mol. The molecule has 0 radical (unpaired) electrons. The van der Waals surface area contributed by atoms with Gasteiger partial charge in [0.2, 0.25) is 5.91 Å². The van der Waals surface area contributed by atoms with Crippen molar-refractivity contribution in [1.29, 1.82) is 0 Å². The summed E-state index contributed by atoms with van der Waals surface area (Å²) in [7, 11) is 0. The zero-order valence-corrected chi connectivity index (χ0v) is 13.7.